The highest BCUT2D eigenvalue weighted by Crippen LogP contribution is 2.39. The van der Waals surface area contributed by atoms with E-state index in [0.717, 1.165) is 12.8 Å². The van der Waals surface area contributed by atoms with E-state index in [1.165, 1.54) is 28.2 Å². The summed E-state index contributed by atoms with van der Waals surface area (Å²) in [7, 11) is 0. The molecule has 0 fully saturated rings. The standard InChI is InChI=1S/C13H18O2S/c1-13(2,3)9-4-5-10-8(6-9)7-11(16-10)12(14)15/h7,9H,4-6H2,1-3H3,(H,14,15)/t9-/m0/s1. The highest BCUT2D eigenvalue weighted by Gasteiger charge is 2.30. The average molecular weight is 238 g/mol. The lowest BCUT2D eigenvalue weighted by molar-refractivity contribution is 0.0702. The van der Waals surface area contributed by atoms with Crippen LogP contribution >= 0.6 is 11.3 Å². The van der Waals surface area contributed by atoms with Crippen LogP contribution in [-0.4, -0.2) is 11.1 Å². The Hall–Kier alpha value is -0.830. The first kappa shape index (κ1) is 11.6. The van der Waals surface area contributed by atoms with E-state index in [1.807, 2.05) is 6.07 Å². The summed E-state index contributed by atoms with van der Waals surface area (Å²) in [6.45, 7) is 6.81. The fourth-order valence-corrected chi connectivity index (χ4v) is 3.42. The zero-order valence-electron chi connectivity index (χ0n) is 10.0. The van der Waals surface area contributed by atoms with Crippen LogP contribution in [0, 0.1) is 11.3 Å². The van der Waals surface area contributed by atoms with Crippen LogP contribution in [0.25, 0.3) is 0 Å². The van der Waals surface area contributed by atoms with Gasteiger partial charge in [0.1, 0.15) is 4.88 Å². The molecule has 1 aliphatic rings. The van der Waals surface area contributed by atoms with Crippen molar-refractivity contribution in [3.05, 3.63) is 21.4 Å². The molecule has 1 heterocycles. The zero-order chi connectivity index (χ0) is 11.9. The second-order valence-electron chi connectivity index (χ2n) is 5.67. The summed E-state index contributed by atoms with van der Waals surface area (Å²) in [5.41, 5.74) is 1.59. The van der Waals surface area contributed by atoms with Crippen molar-refractivity contribution in [3.8, 4) is 0 Å². The average Bonchev–Trinajstić information content (AvgIpc) is 2.58. The molecule has 88 valence electrons. The van der Waals surface area contributed by atoms with E-state index in [-0.39, 0.29) is 0 Å². The molecule has 2 rings (SSSR count). The molecule has 0 saturated heterocycles. The lowest BCUT2D eigenvalue weighted by Crippen LogP contribution is -2.26. The maximum absolute atomic E-state index is 10.9. The maximum atomic E-state index is 10.9. The molecule has 16 heavy (non-hydrogen) atoms. The SMILES string of the molecule is CC(C)(C)[C@H]1CCc2sc(C(=O)O)cc2C1. The minimum atomic E-state index is -0.785. The molecule has 3 heteroatoms. The van der Waals surface area contributed by atoms with Gasteiger partial charge in [-0.2, -0.15) is 0 Å². The Labute approximate surface area is 100 Å². The van der Waals surface area contributed by atoms with E-state index in [9.17, 15) is 4.79 Å². The first-order valence-corrected chi connectivity index (χ1v) is 6.54. The molecular formula is C13H18O2S. The molecule has 0 unspecified atom stereocenters. The van der Waals surface area contributed by atoms with Crippen molar-refractivity contribution in [1.82, 2.24) is 0 Å². The lowest BCUT2D eigenvalue weighted by Gasteiger charge is -2.33. The first-order valence-electron chi connectivity index (χ1n) is 5.73. The molecule has 0 radical (unpaired) electrons. The van der Waals surface area contributed by atoms with Gasteiger partial charge in [-0.15, -0.1) is 11.3 Å². The summed E-state index contributed by atoms with van der Waals surface area (Å²) in [4.78, 5) is 12.7. The maximum Gasteiger partial charge on any atom is 0.345 e. The summed E-state index contributed by atoms with van der Waals surface area (Å²) in [5, 5.41) is 8.97. The van der Waals surface area contributed by atoms with Crippen molar-refractivity contribution in [1.29, 1.82) is 0 Å². The smallest absolute Gasteiger partial charge is 0.345 e. The van der Waals surface area contributed by atoms with E-state index >= 15 is 0 Å². The largest absolute Gasteiger partial charge is 0.477 e. The third-order valence-corrected chi connectivity index (χ3v) is 4.74. The van der Waals surface area contributed by atoms with Gasteiger partial charge in [-0.25, -0.2) is 4.79 Å². The molecule has 0 saturated carbocycles. The molecule has 1 aliphatic carbocycles. The summed E-state index contributed by atoms with van der Waals surface area (Å²) in [6.07, 6.45) is 3.29. The van der Waals surface area contributed by atoms with E-state index < -0.39 is 5.97 Å². The zero-order valence-corrected chi connectivity index (χ0v) is 10.9. The van der Waals surface area contributed by atoms with Gasteiger partial charge in [0.25, 0.3) is 0 Å². The van der Waals surface area contributed by atoms with Crippen LogP contribution in [-0.2, 0) is 12.8 Å². The van der Waals surface area contributed by atoms with Crippen LogP contribution in [0.3, 0.4) is 0 Å². The van der Waals surface area contributed by atoms with Crippen molar-refractivity contribution in [3.63, 3.8) is 0 Å². The van der Waals surface area contributed by atoms with Gasteiger partial charge in [0.15, 0.2) is 0 Å². The molecule has 1 N–H and O–H groups in total. The lowest BCUT2D eigenvalue weighted by atomic mass is 9.72. The number of carboxylic acid groups (broad SMARTS) is 1. The Balaban J connectivity index is 2.24. The number of rotatable bonds is 1. The monoisotopic (exact) mass is 238 g/mol. The van der Waals surface area contributed by atoms with E-state index in [4.69, 9.17) is 5.11 Å². The quantitative estimate of drug-likeness (QED) is 0.811. The number of carboxylic acids is 1. The molecule has 0 spiro atoms. The number of thiophene rings is 1. The third-order valence-electron chi connectivity index (χ3n) is 3.52. The van der Waals surface area contributed by atoms with Gasteiger partial charge in [-0.05, 0) is 42.2 Å². The minimum Gasteiger partial charge on any atom is -0.477 e. The van der Waals surface area contributed by atoms with Crippen molar-refractivity contribution < 1.29 is 9.90 Å². The van der Waals surface area contributed by atoms with Gasteiger partial charge in [-0.3, -0.25) is 0 Å². The Bertz CT molecular complexity index is 412. The highest BCUT2D eigenvalue weighted by atomic mass is 32.1. The predicted molar refractivity (Wildman–Crippen MR) is 66.2 cm³/mol. The van der Waals surface area contributed by atoms with E-state index in [2.05, 4.69) is 20.8 Å². The Morgan fingerprint density at radius 2 is 2.19 bits per heavy atom. The van der Waals surface area contributed by atoms with Crippen molar-refractivity contribution in [2.45, 2.75) is 40.0 Å². The summed E-state index contributed by atoms with van der Waals surface area (Å²) in [5.74, 6) is -0.108. The van der Waals surface area contributed by atoms with Crippen molar-refractivity contribution in [2.24, 2.45) is 11.3 Å². The molecule has 2 nitrogen and oxygen atoms in total. The van der Waals surface area contributed by atoms with Crippen LogP contribution in [0.15, 0.2) is 6.07 Å². The summed E-state index contributed by atoms with van der Waals surface area (Å²) < 4.78 is 0. The van der Waals surface area contributed by atoms with Crippen LogP contribution in [0.2, 0.25) is 0 Å². The second kappa shape index (κ2) is 3.88. The van der Waals surface area contributed by atoms with Crippen molar-refractivity contribution >= 4 is 17.3 Å². The topological polar surface area (TPSA) is 37.3 Å². The highest BCUT2D eigenvalue weighted by molar-refractivity contribution is 7.14. The molecule has 1 atom stereocenters. The molecule has 0 bridgehead atoms. The van der Waals surface area contributed by atoms with Crippen LogP contribution in [0.4, 0.5) is 0 Å². The second-order valence-corrected chi connectivity index (χ2v) is 6.81. The first-order chi connectivity index (χ1) is 7.38. The number of hydrogen-bond donors (Lipinski definition) is 1. The van der Waals surface area contributed by atoms with Gasteiger partial charge in [0, 0.05) is 4.88 Å². The number of aryl methyl sites for hydroxylation is 1. The van der Waals surface area contributed by atoms with Crippen LogP contribution < -0.4 is 0 Å². The van der Waals surface area contributed by atoms with Gasteiger partial charge in [0.2, 0.25) is 0 Å². The fraction of sp³-hybridized carbons (Fsp3) is 0.615. The molecular weight excluding hydrogens is 220 g/mol. The van der Waals surface area contributed by atoms with Gasteiger partial charge < -0.3 is 5.11 Å². The fourth-order valence-electron chi connectivity index (χ4n) is 2.37. The van der Waals surface area contributed by atoms with Gasteiger partial charge in [0.05, 0.1) is 0 Å². The third kappa shape index (κ3) is 2.14. The minimum absolute atomic E-state index is 0.322. The Kier molecular flexibility index (Phi) is 2.82. The number of aromatic carboxylic acids is 1. The van der Waals surface area contributed by atoms with Crippen LogP contribution in [0.5, 0.6) is 0 Å². The predicted octanol–water partition coefficient (Wildman–Crippen LogP) is 3.60. The van der Waals surface area contributed by atoms with Gasteiger partial charge in [-0.1, -0.05) is 20.8 Å². The number of hydrogen-bond acceptors (Lipinski definition) is 2. The summed E-state index contributed by atoms with van der Waals surface area (Å²) >= 11 is 1.46. The van der Waals surface area contributed by atoms with Crippen molar-refractivity contribution in [2.75, 3.05) is 0 Å². The molecule has 1 aromatic heterocycles. The summed E-state index contributed by atoms with van der Waals surface area (Å²) in [6, 6.07) is 1.88. The van der Waals surface area contributed by atoms with E-state index in [0.29, 0.717) is 16.2 Å². The number of fused-ring (bicyclic) bond motifs is 1. The molecule has 0 aromatic carbocycles. The Morgan fingerprint density at radius 3 is 2.75 bits per heavy atom. The Morgan fingerprint density at radius 1 is 1.50 bits per heavy atom. The molecule has 1 aromatic rings. The van der Waals surface area contributed by atoms with Crippen LogP contribution in [0.1, 0.15) is 47.3 Å². The van der Waals surface area contributed by atoms with E-state index in [1.54, 1.807) is 0 Å². The normalized spacial score (nSPS) is 20.6. The molecule has 0 amide bonds. The van der Waals surface area contributed by atoms with Gasteiger partial charge >= 0.3 is 5.97 Å². The number of carbonyl (C=O) groups is 1. The molecule has 0 aliphatic heterocycles.